The van der Waals surface area contributed by atoms with Crippen LogP contribution in [0.4, 0.5) is 8.78 Å². The summed E-state index contributed by atoms with van der Waals surface area (Å²) in [6.07, 6.45) is 2.71. The second kappa shape index (κ2) is 10.3. The van der Waals surface area contributed by atoms with Gasteiger partial charge in [0.25, 0.3) is 0 Å². The smallest absolute Gasteiger partial charge is 0.387 e. The average Bonchev–Trinajstić information content (AvgIpc) is 2.67. The van der Waals surface area contributed by atoms with Crippen LogP contribution in [0.15, 0.2) is 48.5 Å². The largest absolute Gasteiger partial charge is 0.493 e. The number of para-hydroxylation sites is 1. The summed E-state index contributed by atoms with van der Waals surface area (Å²) in [5.74, 6) is 0.581. The lowest BCUT2D eigenvalue weighted by Gasteiger charge is -2.11. The Morgan fingerprint density at radius 2 is 1.81 bits per heavy atom. The monoisotopic (exact) mass is 378 g/mol. The molecule has 0 fully saturated rings. The summed E-state index contributed by atoms with van der Waals surface area (Å²) in [6.45, 7) is -2.17. The molecule has 0 unspecified atom stereocenters. The standard InChI is InChI=1S/C20H20F2O5/c1-24-11-12-26-18-10-8-15(13-19(18)25-2)16(23)9-7-14-5-3-4-6-17(14)27-20(21)22/h3-10,13,20H,11-12H2,1-2H3/b9-7+. The molecule has 2 rings (SSSR count). The van der Waals surface area contributed by atoms with Crippen molar-refractivity contribution in [1.82, 2.24) is 0 Å². The molecule has 0 aliphatic rings. The molecule has 27 heavy (non-hydrogen) atoms. The van der Waals surface area contributed by atoms with Crippen molar-refractivity contribution in [1.29, 1.82) is 0 Å². The molecular formula is C20H20F2O5. The summed E-state index contributed by atoms with van der Waals surface area (Å²) in [5.41, 5.74) is 0.743. The lowest BCUT2D eigenvalue weighted by Crippen LogP contribution is -2.06. The van der Waals surface area contributed by atoms with Gasteiger partial charge >= 0.3 is 6.61 Å². The highest BCUT2D eigenvalue weighted by atomic mass is 19.3. The Morgan fingerprint density at radius 3 is 2.52 bits per heavy atom. The summed E-state index contributed by atoms with van der Waals surface area (Å²) in [4.78, 5) is 12.4. The van der Waals surface area contributed by atoms with Crippen LogP contribution in [0.2, 0.25) is 0 Å². The van der Waals surface area contributed by atoms with E-state index in [1.165, 1.54) is 25.3 Å². The fraction of sp³-hybridized carbons (Fsp3) is 0.250. The Morgan fingerprint density at radius 1 is 1.04 bits per heavy atom. The van der Waals surface area contributed by atoms with Gasteiger partial charge in [-0.05, 0) is 36.4 Å². The van der Waals surface area contributed by atoms with Crippen LogP contribution in [-0.4, -0.2) is 39.8 Å². The first-order chi connectivity index (χ1) is 13.0. The van der Waals surface area contributed by atoms with Crippen LogP contribution in [0.5, 0.6) is 17.2 Å². The second-order valence-electron chi connectivity index (χ2n) is 5.32. The highest BCUT2D eigenvalue weighted by molar-refractivity contribution is 6.07. The zero-order valence-corrected chi connectivity index (χ0v) is 15.0. The van der Waals surface area contributed by atoms with E-state index in [2.05, 4.69) is 4.74 Å². The molecule has 2 aromatic rings. The number of alkyl halides is 2. The van der Waals surface area contributed by atoms with Gasteiger partial charge in [0.15, 0.2) is 17.3 Å². The second-order valence-corrected chi connectivity index (χ2v) is 5.32. The van der Waals surface area contributed by atoms with E-state index < -0.39 is 6.61 Å². The Labute approximate surface area is 156 Å². The third kappa shape index (κ3) is 6.07. The molecule has 0 N–H and O–H groups in total. The van der Waals surface area contributed by atoms with Gasteiger partial charge in [-0.2, -0.15) is 8.78 Å². The van der Waals surface area contributed by atoms with Crippen molar-refractivity contribution in [2.75, 3.05) is 27.4 Å². The van der Waals surface area contributed by atoms with Gasteiger partial charge in [-0.3, -0.25) is 4.79 Å². The van der Waals surface area contributed by atoms with E-state index in [4.69, 9.17) is 14.2 Å². The number of allylic oxidation sites excluding steroid dienone is 1. The Bertz CT molecular complexity index is 790. The van der Waals surface area contributed by atoms with Crippen molar-refractivity contribution in [3.63, 3.8) is 0 Å². The van der Waals surface area contributed by atoms with Crippen molar-refractivity contribution >= 4 is 11.9 Å². The Hall–Kier alpha value is -2.93. The molecule has 144 valence electrons. The minimum absolute atomic E-state index is 0.00368. The molecule has 2 aromatic carbocycles. The zero-order valence-electron chi connectivity index (χ0n) is 15.0. The van der Waals surface area contributed by atoms with Crippen LogP contribution in [0.1, 0.15) is 15.9 Å². The van der Waals surface area contributed by atoms with Crippen LogP contribution in [0.3, 0.4) is 0 Å². The molecule has 0 heterocycles. The predicted octanol–water partition coefficient (Wildman–Crippen LogP) is 4.22. The van der Waals surface area contributed by atoms with E-state index in [9.17, 15) is 13.6 Å². The van der Waals surface area contributed by atoms with E-state index in [0.717, 1.165) is 0 Å². The maximum Gasteiger partial charge on any atom is 0.387 e. The normalized spacial score (nSPS) is 11.0. The minimum Gasteiger partial charge on any atom is -0.493 e. The first kappa shape index (κ1) is 20.4. The van der Waals surface area contributed by atoms with Crippen LogP contribution in [0, 0.1) is 0 Å². The van der Waals surface area contributed by atoms with Gasteiger partial charge in [0.05, 0.1) is 13.7 Å². The molecule has 0 spiro atoms. The number of carbonyl (C=O) groups is 1. The molecule has 0 saturated heterocycles. The molecule has 0 aromatic heterocycles. The number of hydrogen-bond donors (Lipinski definition) is 0. The van der Waals surface area contributed by atoms with Gasteiger partial charge < -0.3 is 18.9 Å². The number of carbonyl (C=O) groups excluding carboxylic acids is 1. The number of rotatable bonds is 10. The van der Waals surface area contributed by atoms with Crippen LogP contribution in [0.25, 0.3) is 6.08 Å². The van der Waals surface area contributed by atoms with Crippen molar-refractivity contribution in [2.24, 2.45) is 0 Å². The molecule has 0 radical (unpaired) electrons. The van der Waals surface area contributed by atoms with Crippen LogP contribution in [-0.2, 0) is 4.74 Å². The molecule has 0 saturated carbocycles. The number of ketones is 1. The lowest BCUT2D eigenvalue weighted by molar-refractivity contribution is -0.0499. The van der Waals surface area contributed by atoms with Gasteiger partial charge in [-0.25, -0.2) is 0 Å². The third-order valence-electron chi connectivity index (χ3n) is 3.54. The minimum atomic E-state index is -2.94. The Kier molecular flexibility index (Phi) is 7.76. The fourth-order valence-electron chi connectivity index (χ4n) is 2.26. The van der Waals surface area contributed by atoms with Crippen molar-refractivity contribution in [3.05, 3.63) is 59.7 Å². The molecule has 7 heteroatoms. The summed E-state index contributed by atoms with van der Waals surface area (Å²) < 4.78 is 45.0. The first-order valence-corrected chi connectivity index (χ1v) is 8.11. The number of halogens is 2. The quantitative estimate of drug-likeness (QED) is 0.352. The Balaban J connectivity index is 2.15. The molecule has 0 bridgehead atoms. The fourth-order valence-corrected chi connectivity index (χ4v) is 2.26. The maximum absolute atomic E-state index is 12.4. The topological polar surface area (TPSA) is 54.0 Å². The summed E-state index contributed by atoms with van der Waals surface area (Å²) in [6, 6.07) is 11.0. The van der Waals surface area contributed by atoms with Gasteiger partial charge in [0.1, 0.15) is 12.4 Å². The average molecular weight is 378 g/mol. The van der Waals surface area contributed by atoms with Gasteiger partial charge in [-0.1, -0.05) is 18.2 Å². The highest BCUT2D eigenvalue weighted by Gasteiger charge is 2.11. The summed E-state index contributed by atoms with van der Waals surface area (Å²) in [5, 5.41) is 0. The lowest BCUT2D eigenvalue weighted by atomic mass is 10.1. The van der Waals surface area contributed by atoms with E-state index in [0.29, 0.717) is 35.8 Å². The van der Waals surface area contributed by atoms with Crippen molar-refractivity contribution in [3.8, 4) is 17.2 Å². The van der Waals surface area contributed by atoms with Gasteiger partial charge in [-0.15, -0.1) is 0 Å². The molecule has 0 atom stereocenters. The maximum atomic E-state index is 12.4. The number of hydrogen-bond acceptors (Lipinski definition) is 5. The molecule has 0 aliphatic carbocycles. The first-order valence-electron chi connectivity index (χ1n) is 8.11. The van der Waals surface area contributed by atoms with E-state index in [-0.39, 0.29) is 11.5 Å². The molecule has 0 aliphatic heterocycles. The number of methoxy groups -OCH3 is 2. The summed E-state index contributed by atoms with van der Waals surface area (Å²) in [7, 11) is 3.04. The van der Waals surface area contributed by atoms with E-state index >= 15 is 0 Å². The number of benzene rings is 2. The predicted molar refractivity (Wildman–Crippen MR) is 96.8 cm³/mol. The van der Waals surface area contributed by atoms with Crippen molar-refractivity contribution in [2.45, 2.75) is 6.61 Å². The van der Waals surface area contributed by atoms with Crippen LogP contribution < -0.4 is 14.2 Å². The van der Waals surface area contributed by atoms with Gasteiger partial charge in [0, 0.05) is 18.2 Å². The molecular weight excluding hydrogens is 358 g/mol. The number of ether oxygens (including phenoxy) is 4. The molecule has 5 nitrogen and oxygen atoms in total. The van der Waals surface area contributed by atoms with E-state index in [1.807, 2.05) is 0 Å². The summed E-state index contributed by atoms with van der Waals surface area (Å²) >= 11 is 0. The highest BCUT2D eigenvalue weighted by Crippen LogP contribution is 2.28. The van der Waals surface area contributed by atoms with Crippen molar-refractivity contribution < 1.29 is 32.5 Å². The van der Waals surface area contributed by atoms with Gasteiger partial charge in [0.2, 0.25) is 0 Å². The third-order valence-corrected chi connectivity index (χ3v) is 3.54. The molecule has 0 amide bonds. The van der Waals surface area contributed by atoms with E-state index in [1.54, 1.807) is 43.5 Å². The zero-order chi connectivity index (χ0) is 19.6. The SMILES string of the molecule is COCCOc1ccc(C(=O)/C=C/c2ccccc2OC(F)F)cc1OC. The van der Waals surface area contributed by atoms with Crippen LogP contribution >= 0.6 is 0 Å².